The SMILES string of the molecule is Cc1ncc(CC(CNC(C)C)c2ccccc2Cl)s1. The van der Waals surface area contributed by atoms with E-state index in [4.69, 9.17) is 11.6 Å². The molecule has 0 aliphatic carbocycles. The van der Waals surface area contributed by atoms with Crippen LogP contribution in [0.3, 0.4) is 0 Å². The Morgan fingerprint density at radius 1 is 1.30 bits per heavy atom. The molecule has 0 spiro atoms. The van der Waals surface area contributed by atoms with E-state index in [-0.39, 0.29) is 0 Å². The molecule has 2 nitrogen and oxygen atoms in total. The number of nitrogens with zero attached hydrogens (tertiary/aromatic N) is 1. The van der Waals surface area contributed by atoms with Gasteiger partial charge < -0.3 is 5.32 Å². The number of aromatic nitrogens is 1. The monoisotopic (exact) mass is 308 g/mol. The van der Waals surface area contributed by atoms with E-state index in [0.29, 0.717) is 12.0 Å². The Balaban J connectivity index is 2.18. The number of benzene rings is 1. The van der Waals surface area contributed by atoms with Crippen molar-refractivity contribution in [2.24, 2.45) is 0 Å². The molecule has 2 aromatic rings. The Kier molecular flexibility index (Phi) is 5.58. The predicted octanol–water partition coefficient (Wildman–Crippen LogP) is 4.43. The van der Waals surface area contributed by atoms with Gasteiger partial charge in [0.2, 0.25) is 0 Å². The summed E-state index contributed by atoms with van der Waals surface area (Å²) in [6.45, 7) is 7.31. The number of thiazole rings is 1. The van der Waals surface area contributed by atoms with Crippen LogP contribution in [0.25, 0.3) is 0 Å². The highest BCUT2D eigenvalue weighted by Crippen LogP contribution is 2.28. The summed E-state index contributed by atoms with van der Waals surface area (Å²) in [6, 6.07) is 8.61. The summed E-state index contributed by atoms with van der Waals surface area (Å²) in [5.41, 5.74) is 1.22. The normalized spacial score (nSPS) is 12.8. The molecule has 2 rings (SSSR count). The van der Waals surface area contributed by atoms with Crippen molar-refractivity contribution in [1.82, 2.24) is 10.3 Å². The molecular formula is C16H21ClN2S. The molecule has 1 heterocycles. The zero-order chi connectivity index (χ0) is 14.5. The van der Waals surface area contributed by atoms with Crippen molar-refractivity contribution in [2.75, 3.05) is 6.54 Å². The second kappa shape index (κ2) is 7.21. The van der Waals surface area contributed by atoms with Crippen molar-refractivity contribution in [3.05, 3.63) is 50.9 Å². The molecule has 1 N–H and O–H groups in total. The van der Waals surface area contributed by atoms with Gasteiger partial charge in [-0.3, -0.25) is 0 Å². The van der Waals surface area contributed by atoms with Crippen LogP contribution in [-0.4, -0.2) is 17.6 Å². The fourth-order valence-corrected chi connectivity index (χ4v) is 3.38. The number of halogens is 1. The van der Waals surface area contributed by atoms with Gasteiger partial charge in [-0.1, -0.05) is 43.6 Å². The lowest BCUT2D eigenvalue weighted by molar-refractivity contribution is 0.528. The van der Waals surface area contributed by atoms with Crippen molar-refractivity contribution in [3.8, 4) is 0 Å². The molecule has 4 heteroatoms. The Labute approximate surface area is 130 Å². The van der Waals surface area contributed by atoms with E-state index in [1.807, 2.05) is 25.3 Å². The van der Waals surface area contributed by atoms with Gasteiger partial charge in [0.1, 0.15) is 0 Å². The van der Waals surface area contributed by atoms with Crippen LogP contribution < -0.4 is 5.32 Å². The number of hydrogen-bond donors (Lipinski definition) is 1. The molecule has 20 heavy (non-hydrogen) atoms. The lowest BCUT2D eigenvalue weighted by Crippen LogP contribution is -2.29. The predicted molar refractivity (Wildman–Crippen MR) is 87.9 cm³/mol. The lowest BCUT2D eigenvalue weighted by atomic mass is 9.94. The second-order valence-corrected chi connectivity index (χ2v) is 7.06. The zero-order valence-corrected chi connectivity index (χ0v) is 13.8. The molecule has 0 aliphatic heterocycles. The topological polar surface area (TPSA) is 24.9 Å². The molecule has 0 bridgehead atoms. The van der Waals surface area contributed by atoms with Gasteiger partial charge in [-0.05, 0) is 25.0 Å². The molecule has 1 unspecified atom stereocenters. The van der Waals surface area contributed by atoms with Crippen LogP contribution in [0.4, 0.5) is 0 Å². The van der Waals surface area contributed by atoms with E-state index in [9.17, 15) is 0 Å². The summed E-state index contributed by atoms with van der Waals surface area (Å²) in [7, 11) is 0. The van der Waals surface area contributed by atoms with E-state index in [2.05, 4.69) is 36.3 Å². The van der Waals surface area contributed by atoms with Gasteiger partial charge in [0.25, 0.3) is 0 Å². The van der Waals surface area contributed by atoms with Crippen molar-refractivity contribution in [2.45, 2.75) is 39.2 Å². The molecule has 0 amide bonds. The van der Waals surface area contributed by atoms with Crippen LogP contribution in [-0.2, 0) is 6.42 Å². The molecule has 0 fully saturated rings. The van der Waals surface area contributed by atoms with E-state index < -0.39 is 0 Å². The third kappa shape index (κ3) is 4.30. The summed E-state index contributed by atoms with van der Waals surface area (Å²) in [5.74, 6) is 0.381. The minimum Gasteiger partial charge on any atom is -0.314 e. The van der Waals surface area contributed by atoms with Crippen LogP contribution >= 0.6 is 22.9 Å². The first-order valence-electron chi connectivity index (χ1n) is 6.95. The molecule has 108 valence electrons. The van der Waals surface area contributed by atoms with Crippen molar-refractivity contribution in [1.29, 1.82) is 0 Å². The summed E-state index contributed by atoms with van der Waals surface area (Å²) >= 11 is 8.13. The molecule has 0 radical (unpaired) electrons. The highest BCUT2D eigenvalue weighted by Gasteiger charge is 2.16. The van der Waals surface area contributed by atoms with Crippen LogP contribution in [0.2, 0.25) is 5.02 Å². The number of hydrogen-bond acceptors (Lipinski definition) is 3. The Hall–Kier alpha value is -0.900. The minimum absolute atomic E-state index is 0.381. The number of nitrogens with one attached hydrogen (secondary N) is 1. The summed E-state index contributed by atoms with van der Waals surface area (Å²) in [4.78, 5) is 5.66. The van der Waals surface area contributed by atoms with Gasteiger partial charge in [0.05, 0.1) is 5.01 Å². The van der Waals surface area contributed by atoms with E-state index >= 15 is 0 Å². The van der Waals surface area contributed by atoms with Crippen LogP contribution in [0, 0.1) is 6.92 Å². The van der Waals surface area contributed by atoms with E-state index in [0.717, 1.165) is 23.0 Å². The first kappa shape index (κ1) is 15.5. The first-order chi connectivity index (χ1) is 9.56. The Morgan fingerprint density at radius 3 is 2.65 bits per heavy atom. The minimum atomic E-state index is 0.381. The van der Waals surface area contributed by atoms with Crippen LogP contribution in [0.5, 0.6) is 0 Å². The van der Waals surface area contributed by atoms with Crippen molar-refractivity contribution in [3.63, 3.8) is 0 Å². The second-order valence-electron chi connectivity index (χ2n) is 5.33. The van der Waals surface area contributed by atoms with Crippen LogP contribution in [0.1, 0.15) is 35.2 Å². The molecular weight excluding hydrogens is 288 g/mol. The van der Waals surface area contributed by atoms with Gasteiger partial charge in [-0.2, -0.15) is 0 Å². The Bertz CT molecular complexity index is 551. The fourth-order valence-electron chi connectivity index (χ4n) is 2.22. The Morgan fingerprint density at radius 2 is 2.05 bits per heavy atom. The third-order valence-corrected chi connectivity index (χ3v) is 4.51. The summed E-state index contributed by atoms with van der Waals surface area (Å²) < 4.78 is 0. The zero-order valence-electron chi connectivity index (χ0n) is 12.2. The van der Waals surface area contributed by atoms with E-state index in [1.54, 1.807) is 11.3 Å². The molecule has 0 aliphatic rings. The van der Waals surface area contributed by atoms with Gasteiger partial charge in [0.15, 0.2) is 0 Å². The van der Waals surface area contributed by atoms with Crippen molar-refractivity contribution < 1.29 is 0 Å². The molecule has 1 aromatic carbocycles. The fraction of sp³-hybridized carbons (Fsp3) is 0.438. The molecule has 1 aromatic heterocycles. The van der Waals surface area contributed by atoms with Gasteiger partial charge in [-0.15, -0.1) is 11.3 Å². The maximum absolute atomic E-state index is 6.37. The maximum Gasteiger partial charge on any atom is 0.0896 e. The van der Waals surface area contributed by atoms with Gasteiger partial charge in [-0.25, -0.2) is 4.98 Å². The van der Waals surface area contributed by atoms with E-state index in [1.165, 1.54) is 10.4 Å². The van der Waals surface area contributed by atoms with Crippen LogP contribution in [0.15, 0.2) is 30.5 Å². The van der Waals surface area contributed by atoms with Gasteiger partial charge >= 0.3 is 0 Å². The number of rotatable bonds is 6. The molecule has 0 saturated heterocycles. The molecule has 0 saturated carbocycles. The average molecular weight is 309 g/mol. The summed E-state index contributed by atoms with van der Waals surface area (Å²) in [5, 5.41) is 5.50. The quantitative estimate of drug-likeness (QED) is 0.854. The lowest BCUT2D eigenvalue weighted by Gasteiger charge is -2.20. The highest BCUT2D eigenvalue weighted by atomic mass is 35.5. The summed E-state index contributed by atoms with van der Waals surface area (Å²) in [6.07, 6.45) is 2.97. The first-order valence-corrected chi connectivity index (χ1v) is 8.15. The molecule has 1 atom stereocenters. The highest BCUT2D eigenvalue weighted by molar-refractivity contribution is 7.11. The largest absolute Gasteiger partial charge is 0.314 e. The van der Waals surface area contributed by atoms with Gasteiger partial charge in [0, 0.05) is 34.6 Å². The number of aryl methyl sites for hydroxylation is 1. The van der Waals surface area contributed by atoms with Crippen molar-refractivity contribution >= 4 is 22.9 Å². The maximum atomic E-state index is 6.37. The smallest absolute Gasteiger partial charge is 0.0896 e. The standard InChI is InChI=1S/C16H21ClN2S/c1-11(2)18-9-13(8-14-10-19-12(3)20-14)15-6-4-5-7-16(15)17/h4-7,10-11,13,18H,8-9H2,1-3H3. The average Bonchev–Trinajstić information content (AvgIpc) is 2.81. The third-order valence-electron chi connectivity index (χ3n) is 3.23.